The summed E-state index contributed by atoms with van der Waals surface area (Å²) < 4.78 is 18.7. The van der Waals surface area contributed by atoms with Crippen LogP contribution in [0.4, 0.5) is 9.52 Å². The molecule has 0 atom stereocenters. The number of thiazole rings is 1. The fourth-order valence-electron chi connectivity index (χ4n) is 2.26. The van der Waals surface area contributed by atoms with Crippen molar-refractivity contribution in [2.75, 3.05) is 11.9 Å². The lowest BCUT2D eigenvalue weighted by atomic mass is 10.1. The third-order valence-electron chi connectivity index (χ3n) is 3.44. The number of benzene rings is 2. The van der Waals surface area contributed by atoms with E-state index in [1.165, 1.54) is 25.1 Å². The highest BCUT2D eigenvalue weighted by Crippen LogP contribution is 2.31. The summed E-state index contributed by atoms with van der Waals surface area (Å²) in [5.41, 5.74) is 1.31. The van der Waals surface area contributed by atoms with Crippen LogP contribution in [0.1, 0.15) is 16.6 Å². The van der Waals surface area contributed by atoms with Gasteiger partial charge in [-0.25, -0.2) is 9.37 Å². The van der Waals surface area contributed by atoms with Crippen molar-refractivity contribution in [1.82, 2.24) is 4.98 Å². The Morgan fingerprint density at radius 1 is 1.12 bits per heavy atom. The van der Waals surface area contributed by atoms with E-state index in [4.69, 9.17) is 4.74 Å². The molecular formula is C19H15FN2O3S. The van der Waals surface area contributed by atoms with Crippen LogP contribution >= 0.6 is 11.3 Å². The first kappa shape index (κ1) is 17.8. The highest BCUT2D eigenvalue weighted by atomic mass is 32.1. The minimum atomic E-state index is -0.542. The van der Waals surface area contributed by atoms with E-state index < -0.39 is 11.7 Å². The average Bonchev–Trinajstić information content (AvgIpc) is 3.06. The normalized spacial score (nSPS) is 10.4. The molecule has 0 spiro atoms. The van der Waals surface area contributed by atoms with Gasteiger partial charge in [0.25, 0.3) is 5.91 Å². The van der Waals surface area contributed by atoms with Gasteiger partial charge < -0.3 is 4.74 Å². The van der Waals surface area contributed by atoms with Crippen LogP contribution in [0.2, 0.25) is 0 Å². The Morgan fingerprint density at radius 3 is 2.50 bits per heavy atom. The topological polar surface area (TPSA) is 68.3 Å². The number of amides is 1. The molecule has 0 bridgehead atoms. The van der Waals surface area contributed by atoms with Crippen LogP contribution in [-0.4, -0.2) is 23.3 Å². The van der Waals surface area contributed by atoms with Crippen LogP contribution in [0.25, 0.3) is 11.3 Å². The van der Waals surface area contributed by atoms with E-state index in [0.29, 0.717) is 10.6 Å². The maximum Gasteiger partial charge on any atom is 0.264 e. The van der Waals surface area contributed by atoms with Crippen LogP contribution < -0.4 is 10.1 Å². The summed E-state index contributed by atoms with van der Waals surface area (Å²) >= 11 is 1.09. The van der Waals surface area contributed by atoms with Gasteiger partial charge >= 0.3 is 0 Å². The largest absolute Gasteiger partial charge is 0.481 e. The van der Waals surface area contributed by atoms with Gasteiger partial charge in [-0.3, -0.25) is 14.9 Å². The standard InChI is InChI=1S/C19H15FN2O3S/c1-12(23)18-17(13-7-3-2-4-8-13)22-19(26-18)21-16(24)11-25-15-10-6-5-9-14(15)20/h2-10H,11H2,1H3,(H,21,22,24). The molecule has 7 heteroatoms. The summed E-state index contributed by atoms with van der Waals surface area (Å²) in [5, 5.41) is 2.87. The molecule has 1 heterocycles. The van der Waals surface area contributed by atoms with Gasteiger partial charge in [0.1, 0.15) is 0 Å². The molecule has 26 heavy (non-hydrogen) atoms. The number of halogens is 1. The molecule has 0 aliphatic heterocycles. The molecule has 132 valence electrons. The highest BCUT2D eigenvalue weighted by Gasteiger charge is 2.18. The van der Waals surface area contributed by atoms with Crippen LogP contribution in [-0.2, 0) is 4.79 Å². The molecule has 0 aliphatic rings. The Hall–Kier alpha value is -3.06. The van der Waals surface area contributed by atoms with E-state index in [1.54, 1.807) is 6.07 Å². The number of carbonyl (C=O) groups excluding carboxylic acids is 2. The van der Waals surface area contributed by atoms with Gasteiger partial charge in [-0.2, -0.15) is 0 Å². The zero-order valence-electron chi connectivity index (χ0n) is 13.9. The molecular weight excluding hydrogens is 355 g/mol. The van der Waals surface area contributed by atoms with Crippen molar-refractivity contribution in [1.29, 1.82) is 0 Å². The lowest BCUT2D eigenvalue weighted by Gasteiger charge is -2.06. The second-order valence-corrected chi connectivity index (χ2v) is 6.39. The van der Waals surface area contributed by atoms with Crippen molar-refractivity contribution in [2.45, 2.75) is 6.92 Å². The quantitative estimate of drug-likeness (QED) is 0.661. The zero-order valence-corrected chi connectivity index (χ0v) is 14.7. The Kier molecular flexibility index (Phi) is 5.38. The van der Waals surface area contributed by atoms with E-state index in [2.05, 4.69) is 10.3 Å². The van der Waals surface area contributed by atoms with Gasteiger partial charge in [-0.15, -0.1) is 0 Å². The first-order valence-corrected chi connectivity index (χ1v) is 8.60. The molecule has 0 saturated carbocycles. The lowest BCUT2D eigenvalue weighted by Crippen LogP contribution is -2.20. The summed E-state index contributed by atoms with van der Waals surface area (Å²) in [7, 11) is 0. The zero-order chi connectivity index (χ0) is 18.5. The third kappa shape index (κ3) is 4.12. The van der Waals surface area contributed by atoms with Crippen molar-refractivity contribution < 1.29 is 18.7 Å². The second kappa shape index (κ2) is 7.88. The first-order valence-electron chi connectivity index (χ1n) is 7.79. The number of nitrogens with one attached hydrogen (secondary N) is 1. The Morgan fingerprint density at radius 2 is 1.81 bits per heavy atom. The van der Waals surface area contributed by atoms with Crippen LogP contribution in [0, 0.1) is 5.82 Å². The van der Waals surface area contributed by atoms with Crippen LogP contribution in [0.3, 0.4) is 0 Å². The summed E-state index contributed by atoms with van der Waals surface area (Å²) in [5.74, 6) is -1.17. The number of Topliss-reactive ketones (excluding diaryl/α,β-unsaturated/α-hetero) is 1. The predicted molar refractivity (Wildman–Crippen MR) is 98.1 cm³/mol. The van der Waals surface area contributed by atoms with Crippen LogP contribution in [0.15, 0.2) is 54.6 Å². The second-order valence-electron chi connectivity index (χ2n) is 5.39. The Balaban J connectivity index is 1.73. The molecule has 0 fully saturated rings. The molecule has 3 aromatic rings. The summed E-state index contributed by atoms with van der Waals surface area (Å²) in [6, 6.07) is 15.1. The maximum absolute atomic E-state index is 13.5. The minimum absolute atomic E-state index is 0.00353. The van der Waals surface area contributed by atoms with E-state index in [9.17, 15) is 14.0 Å². The van der Waals surface area contributed by atoms with Gasteiger partial charge in [0, 0.05) is 12.5 Å². The van der Waals surface area contributed by atoms with Gasteiger partial charge in [0.2, 0.25) is 0 Å². The molecule has 0 radical (unpaired) electrons. The number of ether oxygens (including phenoxy) is 1. The number of rotatable bonds is 6. The van der Waals surface area contributed by atoms with Crippen molar-refractivity contribution in [3.8, 4) is 17.0 Å². The number of hydrogen-bond donors (Lipinski definition) is 1. The number of nitrogens with zero attached hydrogens (tertiary/aromatic N) is 1. The fourth-order valence-corrected chi connectivity index (χ4v) is 3.16. The van der Waals surface area contributed by atoms with E-state index in [-0.39, 0.29) is 23.3 Å². The number of ketones is 1. The molecule has 3 rings (SSSR count). The highest BCUT2D eigenvalue weighted by molar-refractivity contribution is 7.18. The summed E-state index contributed by atoms with van der Waals surface area (Å²) in [4.78, 5) is 28.7. The summed E-state index contributed by atoms with van der Waals surface area (Å²) in [6.07, 6.45) is 0. The lowest BCUT2D eigenvalue weighted by molar-refractivity contribution is -0.118. The molecule has 0 unspecified atom stereocenters. The molecule has 0 aliphatic carbocycles. The van der Waals surface area contributed by atoms with Crippen molar-refractivity contribution in [3.05, 3.63) is 65.3 Å². The number of carbonyl (C=O) groups is 2. The molecule has 0 saturated heterocycles. The molecule has 1 amide bonds. The van der Waals surface area contributed by atoms with Crippen molar-refractivity contribution >= 4 is 28.2 Å². The summed E-state index contributed by atoms with van der Waals surface area (Å²) in [6.45, 7) is 1.09. The molecule has 1 N–H and O–H groups in total. The molecule has 2 aromatic carbocycles. The SMILES string of the molecule is CC(=O)c1sc(NC(=O)COc2ccccc2F)nc1-c1ccccc1. The van der Waals surface area contributed by atoms with Crippen molar-refractivity contribution in [3.63, 3.8) is 0 Å². The number of hydrogen-bond acceptors (Lipinski definition) is 5. The average molecular weight is 370 g/mol. The first-order chi connectivity index (χ1) is 12.5. The van der Waals surface area contributed by atoms with Gasteiger partial charge in [-0.05, 0) is 12.1 Å². The molecule has 5 nitrogen and oxygen atoms in total. The van der Waals surface area contributed by atoms with Gasteiger partial charge in [0.15, 0.2) is 29.1 Å². The smallest absolute Gasteiger partial charge is 0.264 e. The number of aromatic nitrogens is 1. The van der Waals surface area contributed by atoms with E-state index in [0.717, 1.165) is 16.9 Å². The van der Waals surface area contributed by atoms with E-state index >= 15 is 0 Å². The fraction of sp³-hybridized carbons (Fsp3) is 0.105. The van der Waals surface area contributed by atoms with E-state index in [1.807, 2.05) is 30.3 Å². The minimum Gasteiger partial charge on any atom is -0.481 e. The van der Waals surface area contributed by atoms with Gasteiger partial charge in [0.05, 0.1) is 10.6 Å². The Bertz CT molecular complexity index is 941. The van der Waals surface area contributed by atoms with Crippen molar-refractivity contribution in [2.24, 2.45) is 0 Å². The molecule has 1 aromatic heterocycles. The predicted octanol–water partition coefficient (Wildman–Crippen LogP) is 4.17. The van der Waals surface area contributed by atoms with Gasteiger partial charge in [-0.1, -0.05) is 53.8 Å². The number of anilines is 1. The van der Waals surface area contributed by atoms with Crippen LogP contribution in [0.5, 0.6) is 5.75 Å². The number of para-hydroxylation sites is 1. The Labute approximate surface area is 153 Å². The monoisotopic (exact) mass is 370 g/mol. The maximum atomic E-state index is 13.5. The third-order valence-corrected chi connectivity index (χ3v) is 4.51.